The van der Waals surface area contributed by atoms with Crippen LogP contribution in [0.1, 0.15) is 26.2 Å². The summed E-state index contributed by atoms with van der Waals surface area (Å²) in [4.78, 5) is 0. The fraction of sp³-hybridized carbons (Fsp3) is 0.667. The van der Waals surface area contributed by atoms with Gasteiger partial charge >= 0.3 is 0 Å². The van der Waals surface area contributed by atoms with Gasteiger partial charge < -0.3 is 10.7 Å². The highest BCUT2D eigenvalue weighted by atomic mass is 14.8. The van der Waals surface area contributed by atoms with E-state index in [2.05, 4.69) is 12.2 Å². The third-order valence-electron chi connectivity index (χ3n) is 2.16. The molecule has 1 aliphatic carbocycles. The molecule has 1 saturated carbocycles. The summed E-state index contributed by atoms with van der Waals surface area (Å²) < 4.78 is 0. The molecule has 0 aromatic heterocycles. The maximum atomic E-state index is 7.63. The molecule has 1 fully saturated rings. The van der Waals surface area contributed by atoms with Gasteiger partial charge in [-0.05, 0) is 30.8 Å². The van der Waals surface area contributed by atoms with Crippen molar-refractivity contribution in [1.29, 1.82) is 5.41 Å². The summed E-state index contributed by atoms with van der Waals surface area (Å²) in [7, 11) is 1.89. The smallest absolute Gasteiger partial charge is 0.0360 e. The monoisotopic (exact) mass is 152 g/mol. The highest BCUT2D eigenvalue weighted by Crippen LogP contribution is 2.24. The molecule has 1 unspecified atom stereocenters. The zero-order valence-corrected chi connectivity index (χ0v) is 7.28. The molecule has 0 radical (unpaired) electrons. The lowest BCUT2D eigenvalue weighted by Crippen LogP contribution is -2.16. The average Bonchev–Trinajstić information content (AvgIpc) is 1.98. The van der Waals surface area contributed by atoms with Crippen LogP contribution < -0.4 is 5.32 Å². The molecule has 0 spiro atoms. The van der Waals surface area contributed by atoms with E-state index in [4.69, 9.17) is 5.41 Å². The maximum Gasteiger partial charge on any atom is 0.0360 e. The summed E-state index contributed by atoms with van der Waals surface area (Å²) in [5.41, 5.74) is 2.00. The Hall–Kier alpha value is -0.790. The lowest BCUT2D eigenvalue weighted by atomic mass is 9.86. The van der Waals surface area contributed by atoms with Crippen molar-refractivity contribution in [2.75, 3.05) is 7.05 Å². The third-order valence-corrected chi connectivity index (χ3v) is 2.16. The molecule has 0 bridgehead atoms. The Morgan fingerprint density at radius 3 is 3.00 bits per heavy atom. The van der Waals surface area contributed by atoms with Crippen LogP contribution in [-0.4, -0.2) is 12.8 Å². The SMILES string of the molecule is CN/C=C1/CC(C)CCC1=N. The summed E-state index contributed by atoms with van der Waals surface area (Å²) in [6.45, 7) is 2.25. The summed E-state index contributed by atoms with van der Waals surface area (Å²) in [6.07, 6.45) is 5.16. The molecule has 0 aromatic carbocycles. The van der Waals surface area contributed by atoms with Gasteiger partial charge in [0.2, 0.25) is 0 Å². The van der Waals surface area contributed by atoms with Crippen molar-refractivity contribution in [3.63, 3.8) is 0 Å². The number of rotatable bonds is 1. The van der Waals surface area contributed by atoms with Crippen LogP contribution in [-0.2, 0) is 0 Å². The first kappa shape index (κ1) is 8.31. The first-order valence-electron chi connectivity index (χ1n) is 4.18. The van der Waals surface area contributed by atoms with Gasteiger partial charge in [-0.15, -0.1) is 0 Å². The van der Waals surface area contributed by atoms with Crippen LogP contribution in [0.2, 0.25) is 0 Å². The number of allylic oxidation sites excluding steroid dienone is 1. The average molecular weight is 152 g/mol. The molecule has 1 rings (SSSR count). The zero-order valence-electron chi connectivity index (χ0n) is 7.28. The Kier molecular flexibility index (Phi) is 2.69. The predicted molar refractivity (Wildman–Crippen MR) is 47.9 cm³/mol. The van der Waals surface area contributed by atoms with E-state index in [0.717, 1.165) is 24.5 Å². The Bertz CT molecular complexity index is 182. The molecule has 1 atom stereocenters. The van der Waals surface area contributed by atoms with Crippen molar-refractivity contribution in [3.8, 4) is 0 Å². The third kappa shape index (κ3) is 2.07. The van der Waals surface area contributed by atoms with E-state index in [-0.39, 0.29) is 0 Å². The van der Waals surface area contributed by atoms with Crippen LogP contribution in [0.15, 0.2) is 11.8 Å². The number of hydrogen-bond acceptors (Lipinski definition) is 2. The van der Waals surface area contributed by atoms with Gasteiger partial charge in [-0.3, -0.25) is 0 Å². The lowest BCUT2D eigenvalue weighted by molar-refractivity contribution is 0.524. The molecule has 2 heteroatoms. The van der Waals surface area contributed by atoms with E-state index < -0.39 is 0 Å². The molecule has 0 aromatic rings. The second-order valence-electron chi connectivity index (χ2n) is 3.28. The van der Waals surface area contributed by atoms with Crippen molar-refractivity contribution >= 4 is 5.71 Å². The van der Waals surface area contributed by atoms with Crippen LogP contribution in [0.4, 0.5) is 0 Å². The molecule has 2 nitrogen and oxygen atoms in total. The maximum absolute atomic E-state index is 7.63. The van der Waals surface area contributed by atoms with E-state index in [0.29, 0.717) is 0 Å². The Labute approximate surface area is 68.2 Å². The fourth-order valence-electron chi connectivity index (χ4n) is 1.47. The van der Waals surface area contributed by atoms with Gasteiger partial charge in [0.15, 0.2) is 0 Å². The Balaban J connectivity index is 2.61. The van der Waals surface area contributed by atoms with E-state index in [1.165, 1.54) is 12.0 Å². The molecule has 11 heavy (non-hydrogen) atoms. The Morgan fingerprint density at radius 1 is 1.64 bits per heavy atom. The van der Waals surface area contributed by atoms with Crippen LogP contribution in [0.25, 0.3) is 0 Å². The largest absolute Gasteiger partial charge is 0.394 e. The molecular weight excluding hydrogens is 136 g/mol. The molecule has 0 saturated heterocycles. The summed E-state index contributed by atoms with van der Waals surface area (Å²) in [5, 5.41) is 10.6. The second kappa shape index (κ2) is 3.56. The molecule has 0 amide bonds. The van der Waals surface area contributed by atoms with E-state index in [1.54, 1.807) is 0 Å². The van der Waals surface area contributed by atoms with Crippen molar-refractivity contribution in [1.82, 2.24) is 5.32 Å². The minimum atomic E-state index is 0.753. The van der Waals surface area contributed by atoms with Gasteiger partial charge in [-0.2, -0.15) is 0 Å². The highest BCUT2D eigenvalue weighted by molar-refractivity contribution is 5.98. The molecule has 1 aliphatic rings. The van der Waals surface area contributed by atoms with E-state index >= 15 is 0 Å². The Morgan fingerprint density at radius 2 is 2.36 bits per heavy atom. The van der Waals surface area contributed by atoms with E-state index in [1.807, 2.05) is 13.2 Å². The van der Waals surface area contributed by atoms with Gasteiger partial charge in [0.25, 0.3) is 0 Å². The topological polar surface area (TPSA) is 35.9 Å². The van der Waals surface area contributed by atoms with Crippen LogP contribution in [0.3, 0.4) is 0 Å². The van der Waals surface area contributed by atoms with Gasteiger partial charge in [0, 0.05) is 19.0 Å². The van der Waals surface area contributed by atoms with Crippen molar-refractivity contribution < 1.29 is 0 Å². The highest BCUT2D eigenvalue weighted by Gasteiger charge is 2.16. The minimum absolute atomic E-state index is 0.753. The van der Waals surface area contributed by atoms with Gasteiger partial charge in [-0.1, -0.05) is 6.92 Å². The van der Waals surface area contributed by atoms with Gasteiger partial charge in [0.1, 0.15) is 0 Å². The predicted octanol–water partition coefficient (Wildman–Crippen LogP) is 1.93. The summed E-state index contributed by atoms with van der Waals surface area (Å²) in [5.74, 6) is 0.753. The molecule has 0 heterocycles. The lowest BCUT2D eigenvalue weighted by Gasteiger charge is -2.21. The first-order valence-corrected chi connectivity index (χ1v) is 4.18. The van der Waals surface area contributed by atoms with Gasteiger partial charge in [-0.25, -0.2) is 0 Å². The van der Waals surface area contributed by atoms with Gasteiger partial charge in [0.05, 0.1) is 0 Å². The summed E-state index contributed by atoms with van der Waals surface area (Å²) in [6, 6.07) is 0. The standard InChI is InChI=1S/C9H16N2/c1-7-3-4-9(10)8(5-7)6-11-2/h6-7,10-11H,3-5H2,1-2H3/b8-6-,10-9?. The molecule has 2 N–H and O–H groups in total. The van der Waals surface area contributed by atoms with Crippen molar-refractivity contribution in [2.24, 2.45) is 5.92 Å². The van der Waals surface area contributed by atoms with Crippen molar-refractivity contribution in [2.45, 2.75) is 26.2 Å². The normalized spacial score (nSPS) is 29.1. The van der Waals surface area contributed by atoms with Crippen molar-refractivity contribution in [3.05, 3.63) is 11.8 Å². The first-order chi connectivity index (χ1) is 5.24. The quantitative estimate of drug-likeness (QED) is 0.591. The van der Waals surface area contributed by atoms with Crippen LogP contribution in [0.5, 0.6) is 0 Å². The fourth-order valence-corrected chi connectivity index (χ4v) is 1.47. The molecule has 0 aliphatic heterocycles. The molecular formula is C9H16N2. The van der Waals surface area contributed by atoms with Crippen LogP contribution in [0, 0.1) is 11.3 Å². The van der Waals surface area contributed by atoms with Crippen LogP contribution >= 0.6 is 0 Å². The zero-order chi connectivity index (χ0) is 8.27. The molecule has 62 valence electrons. The minimum Gasteiger partial charge on any atom is -0.394 e. The number of nitrogens with one attached hydrogen (secondary N) is 2. The summed E-state index contributed by atoms with van der Waals surface area (Å²) >= 11 is 0. The second-order valence-corrected chi connectivity index (χ2v) is 3.28. The van der Waals surface area contributed by atoms with E-state index in [9.17, 15) is 0 Å². The number of hydrogen-bond donors (Lipinski definition) is 2.